The minimum Gasteiger partial charge on any atom is -0.481 e. The summed E-state index contributed by atoms with van der Waals surface area (Å²) in [4.78, 5) is 17.1. The van der Waals surface area contributed by atoms with Crippen molar-refractivity contribution in [1.29, 1.82) is 0 Å². The number of hydrogen-bond donors (Lipinski definition) is 1. The van der Waals surface area contributed by atoms with E-state index in [4.69, 9.17) is 5.11 Å². The molecule has 96 valence electrons. The number of nitrogens with zero attached hydrogens (tertiary/aromatic N) is 3. The van der Waals surface area contributed by atoms with Crippen LogP contribution in [0.2, 0.25) is 0 Å². The highest BCUT2D eigenvalue weighted by Gasteiger charge is 2.15. The average Bonchev–Trinajstić information content (AvgIpc) is 2.64. The molecule has 1 rings (SSSR count). The second-order valence-electron chi connectivity index (χ2n) is 4.28. The smallest absolute Gasteiger partial charge is 0.304 e. The van der Waals surface area contributed by atoms with Gasteiger partial charge in [-0.15, -0.1) is 0 Å². The molecule has 1 N–H and O–H groups in total. The maximum Gasteiger partial charge on any atom is 0.304 e. The Balaban J connectivity index is 2.47. The summed E-state index contributed by atoms with van der Waals surface area (Å²) in [6, 6.07) is 0.0674. The van der Waals surface area contributed by atoms with Crippen LogP contribution in [0.15, 0.2) is 12.4 Å². The zero-order valence-electron chi connectivity index (χ0n) is 10.8. The van der Waals surface area contributed by atoms with Crippen molar-refractivity contribution in [2.45, 2.75) is 32.7 Å². The van der Waals surface area contributed by atoms with Gasteiger partial charge in [-0.05, 0) is 13.5 Å². The van der Waals surface area contributed by atoms with E-state index in [9.17, 15) is 4.79 Å². The van der Waals surface area contributed by atoms with Crippen molar-refractivity contribution in [3.8, 4) is 0 Å². The quantitative estimate of drug-likeness (QED) is 0.775. The molecule has 0 aromatic carbocycles. The van der Waals surface area contributed by atoms with Gasteiger partial charge in [0.25, 0.3) is 0 Å². The maximum atomic E-state index is 10.7. The van der Waals surface area contributed by atoms with E-state index in [0.717, 1.165) is 25.3 Å². The average molecular weight is 239 g/mol. The summed E-state index contributed by atoms with van der Waals surface area (Å²) in [5.41, 5.74) is 0. The fourth-order valence-corrected chi connectivity index (χ4v) is 1.95. The van der Waals surface area contributed by atoms with Crippen LogP contribution in [-0.2, 0) is 18.3 Å². The molecule has 5 nitrogen and oxygen atoms in total. The van der Waals surface area contributed by atoms with Crippen molar-refractivity contribution in [3.63, 3.8) is 0 Å². The van der Waals surface area contributed by atoms with E-state index < -0.39 is 5.97 Å². The highest BCUT2D eigenvalue weighted by molar-refractivity contribution is 5.67. The minimum absolute atomic E-state index is 0.0674. The SMILES string of the molecule is CCN(CCc1nccn1C)C(C)CC(=O)O. The minimum atomic E-state index is -0.743. The standard InChI is InChI=1S/C12H21N3O2/c1-4-15(10(2)9-12(16)17)7-5-11-13-6-8-14(11)3/h6,8,10H,4-5,7,9H2,1-3H3,(H,16,17). The molecule has 1 unspecified atom stereocenters. The number of carbonyl (C=O) groups is 1. The molecule has 1 aromatic rings. The maximum absolute atomic E-state index is 10.7. The third kappa shape index (κ3) is 4.19. The molecule has 1 aromatic heterocycles. The van der Waals surface area contributed by atoms with Gasteiger partial charge in [-0.2, -0.15) is 0 Å². The van der Waals surface area contributed by atoms with Crippen LogP contribution in [0.4, 0.5) is 0 Å². The second kappa shape index (κ2) is 6.39. The molecule has 0 spiro atoms. The lowest BCUT2D eigenvalue weighted by molar-refractivity contribution is -0.138. The Morgan fingerprint density at radius 2 is 2.35 bits per heavy atom. The Labute approximate surface area is 102 Å². The van der Waals surface area contributed by atoms with Crippen molar-refractivity contribution in [2.75, 3.05) is 13.1 Å². The first-order chi connectivity index (χ1) is 8.04. The molecule has 0 aliphatic heterocycles. The van der Waals surface area contributed by atoms with Gasteiger partial charge >= 0.3 is 5.97 Å². The van der Waals surface area contributed by atoms with Crippen LogP contribution in [0.25, 0.3) is 0 Å². The first-order valence-electron chi connectivity index (χ1n) is 5.96. The third-order valence-corrected chi connectivity index (χ3v) is 3.04. The van der Waals surface area contributed by atoms with E-state index >= 15 is 0 Å². The molecular formula is C12H21N3O2. The topological polar surface area (TPSA) is 58.4 Å². The third-order valence-electron chi connectivity index (χ3n) is 3.04. The van der Waals surface area contributed by atoms with Crippen LogP contribution in [0.5, 0.6) is 0 Å². The van der Waals surface area contributed by atoms with Crippen LogP contribution in [0.3, 0.4) is 0 Å². The number of aryl methyl sites for hydroxylation is 1. The number of likely N-dealkylation sites (N-methyl/N-ethyl adjacent to an activating group) is 1. The van der Waals surface area contributed by atoms with E-state index in [0.29, 0.717) is 0 Å². The zero-order chi connectivity index (χ0) is 12.8. The van der Waals surface area contributed by atoms with Gasteiger partial charge in [0, 0.05) is 38.4 Å². The highest BCUT2D eigenvalue weighted by atomic mass is 16.4. The summed E-state index contributed by atoms with van der Waals surface area (Å²) < 4.78 is 2.00. The summed E-state index contributed by atoms with van der Waals surface area (Å²) in [6.07, 6.45) is 4.74. The number of rotatable bonds is 7. The number of imidazole rings is 1. The fraction of sp³-hybridized carbons (Fsp3) is 0.667. The lowest BCUT2D eigenvalue weighted by Crippen LogP contribution is -2.36. The summed E-state index contributed by atoms with van der Waals surface area (Å²) >= 11 is 0. The number of carboxylic acid groups (broad SMARTS) is 1. The Bertz CT molecular complexity index is 362. The van der Waals surface area contributed by atoms with E-state index in [1.54, 1.807) is 6.20 Å². The van der Waals surface area contributed by atoms with Crippen LogP contribution in [-0.4, -0.2) is 44.7 Å². The van der Waals surface area contributed by atoms with Crippen molar-refractivity contribution < 1.29 is 9.90 Å². The Morgan fingerprint density at radius 3 is 2.82 bits per heavy atom. The van der Waals surface area contributed by atoms with Gasteiger partial charge in [0.05, 0.1) is 6.42 Å². The van der Waals surface area contributed by atoms with Crippen LogP contribution in [0, 0.1) is 0 Å². The van der Waals surface area contributed by atoms with Gasteiger partial charge in [-0.25, -0.2) is 4.98 Å². The predicted octanol–water partition coefficient (Wildman–Crippen LogP) is 1.15. The van der Waals surface area contributed by atoms with Gasteiger partial charge in [0.15, 0.2) is 0 Å². The monoisotopic (exact) mass is 239 g/mol. The molecule has 0 fully saturated rings. The molecule has 0 saturated carbocycles. The Hall–Kier alpha value is -1.36. The normalized spacial score (nSPS) is 12.9. The molecule has 17 heavy (non-hydrogen) atoms. The van der Waals surface area contributed by atoms with E-state index in [2.05, 4.69) is 16.8 Å². The predicted molar refractivity (Wildman–Crippen MR) is 65.9 cm³/mol. The summed E-state index contributed by atoms with van der Waals surface area (Å²) in [5.74, 6) is 0.291. The molecule has 0 bridgehead atoms. The Morgan fingerprint density at radius 1 is 1.65 bits per heavy atom. The molecule has 0 amide bonds. The molecule has 5 heteroatoms. The zero-order valence-corrected chi connectivity index (χ0v) is 10.8. The van der Waals surface area contributed by atoms with Crippen molar-refractivity contribution in [2.24, 2.45) is 7.05 Å². The van der Waals surface area contributed by atoms with Crippen molar-refractivity contribution >= 4 is 5.97 Å². The summed E-state index contributed by atoms with van der Waals surface area (Å²) in [5, 5.41) is 8.78. The number of aliphatic carboxylic acids is 1. The van der Waals surface area contributed by atoms with Gasteiger partial charge in [-0.3, -0.25) is 9.69 Å². The van der Waals surface area contributed by atoms with Crippen molar-refractivity contribution in [1.82, 2.24) is 14.5 Å². The summed E-state index contributed by atoms with van der Waals surface area (Å²) in [6.45, 7) is 5.71. The van der Waals surface area contributed by atoms with E-state index in [1.807, 2.05) is 24.7 Å². The largest absolute Gasteiger partial charge is 0.481 e. The van der Waals surface area contributed by atoms with Crippen LogP contribution >= 0.6 is 0 Å². The first-order valence-corrected chi connectivity index (χ1v) is 5.96. The molecule has 0 aliphatic rings. The van der Waals surface area contributed by atoms with Crippen molar-refractivity contribution in [3.05, 3.63) is 18.2 Å². The number of aromatic nitrogens is 2. The number of carboxylic acids is 1. The van der Waals surface area contributed by atoms with Crippen LogP contribution < -0.4 is 0 Å². The van der Waals surface area contributed by atoms with Gasteiger partial charge < -0.3 is 9.67 Å². The van der Waals surface area contributed by atoms with Crippen LogP contribution in [0.1, 0.15) is 26.1 Å². The van der Waals surface area contributed by atoms with Gasteiger partial charge in [0.2, 0.25) is 0 Å². The fourth-order valence-electron chi connectivity index (χ4n) is 1.95. The summed E-state index contributed by atoms with van der Waals surface area (Å²) in [7, 11) is 1.97. The van der Waals surface area contributed by atoms with E-state index in [-0.39, 0.29) is 12.5 Å². The molecule has 1 heterocycles. The molecule has 1 atom stereocenters. The molecule has 0 radical (unpaired) electrons. The Kier molecular flexibility index (Phi) is 5.15. The first kappa shape index (κ1) is 13.7. The lowest BCUT2D eigenvalue weighted by Gasteiger charge is -2.26. The molecule has 0 saturated heterocycles. The van der Waals surface area contributed by atoms with Gasteiger partial charge in [0.1, 0.15) is 5.82 Å². The molecule has 0 aliphatic carbocycles. The lowest BCUT2D eigenvalue weighted by atomic mass is 10.2. The number of hydrogen-bond acceptors (Lipinski definition) is 3. The second-order valence-corrected chi connectivity index (χ2v) is 4.28. The van der Waals surface area contributed by atoms with E-state index in [1.165, 1.54) is 0 Å². The highest BCUT2D eigenvalue weighted by Crippen LogP contribution is 2.06. The van der Waals surface area contributed by atoms with Gasteiger partial charge in [-0.1, -0.05) is 6.92 Å². The molecular weight excluding hydrogens is 218 g/mol.